The summed E-state index contributed by atoms with van der Waals surface area (Å²) in [6, 6.07) is 1.24. The Bertz CT molecular complexity index is 248. The van der Waals surface area contributed by atoms with Crippen molar-refractivity contribution in [3.63, 3.8) is 0 Å². The van der Waals surface area contributed by atoms with Crippen LogP contribution in [0.3, 0.4) is 0 Å². The predicted molar refractivity (Wildman–Crippen MR) is 75.4 cm³/mol. The summed E-state index contributed by atoms with van der Waals surface area (Å²) in [7, 11) is 4.36. The fourth-order valence-electron chi connectivity index (χ4n) is 2.57. The molecule has 2 unspecified atom stereocenters. The van der Waals surface area contributed by atoms with Gasteiger partial charge >= 0.3 is 0 Å². The molecule has 0 aromatic rings. The number of hydrogen-bond donors (Lipinski definition) is 1. The molecule has 0 aromatic heterocycles. The Kier molecular flexibility index (Phi) is 5.63. The minimum Gasteiger partial charge on any atom is -0.311 e. The van der Waals surface area contributed by atoms with E-state index >= 15 is 0 Å². The summed E-state index contributed by atoms with van der Waals surface area (Å²) >= 11 is 0. The molecule has 2 atom stereocenters. The highest BCUT2D eigenvalue weighted by atomic mass is 15.2. The third kappa shape index (κ3) is 4.78. The number of nitrogens with one attached hydrogen (secondary N) is 1. The number of likely N-dealkylation sites (N-methyl/N-ethyl adjacent to an activating group) is 1. The highest BCUT2D eigenvalue weighted by Crippen LogP contribution is 2.20. The van der Waals surface area contributed by atoms with E-state index in [1.165, 1.54) is 18.7 Å². The van der Waals surface area contributed by atoms with Crippen molar-refractivity contribution >= 4 is 0 Å². The zero-order valence-corrected chi connectivity index (χ0v) is 12.2. The van der Waals surface area contributed by atoms with Crippen LogP contribution in [0.15, 0.2) is 12.2 Å². The molecule has 0 bridgehead atoms. The summed E-state index contributed by atoms with van der Waals surface area (Å²) in [5.41, 5.74) is 1.30. The first-order valence-electron chi connectivity index (χ1n) is 6.69. The van der Waals surface area contributed by atoms with E-state index < -0.39 is 0 Å². The van der Waals surface area contributed by atoms with Crippen LogP contribution < -0.4 is 5.32 Å². The summed E-state index contributed by atoms with van der Waals surface area (Å²) in [6.07, 6.45) is 0. The maximum atomic E-state index is 4.17. The Hall–Kier alpha value is -0.380. The Morgan fingerprint density at radius 3 is 2.53 bits per heavy atom. The zero-order chi connectivity index (χ0) is 13.0. The fraction of sp³-hybridized carbons (Fsp3) is 0.857. The van der Waals surface area contributed by atoms with Crippen molar-refractivity contribution < 1.29 is 0 Å². The molecule has 0 spiro atoms. The van der Waals surface area contributed by atoms with Crippen molar-refractivity contribution in [3.8, 4) is 0 Å². The van der Waals surface area contributed by atoms with Crippen LogP contribution in [0.1, 0.15) is 20.8 Å². The molecule has 1 aliphatic rings. The largest absolute Gasteiger partial charge is 0.311 e. The monoisotopic (exact) mass is 239 g/mol. The van der Waals surface area contributed by atoms with Gasteiger partial charge in [-0.2, -0.15) is 0 Å². The summed E-state index contributed by atoms with van der Waals surface area (Å²) in [5, 5.41) is 3.43. The molecule has 1 fully saturated rings. The van der Waals surface area contributed by atoms with Gasteiger partial charge in [-0.25, -0.2) is 0 Å². The van der Waals surface area contributed by atoms with Gasteiger partial charge in [0, 0.05) is 38.3 Å². The van der Waals surface area contributed by atoms with E-state index in [2.05, 4.69) is 56.6 Å². The van der Waals surface area contributed by atoms with Gasteiger partial charge in [0.25, 0.3) is 0 Å². The number of hydrogen-bond acceptors (Lipinski definition) is 3. The van der Waals surface area contributed by atoms with Crippen LogP contribution in [0.5, 0.6) is 0 Å². The van der Waals surface area contributed by atoms with Gasteiger partial charge in [0.1, 0.15) is 0 Å². The van der Waals surface area contributed by atoms with Gasteiger partial charge in [0.05, 0.1) is 0 Å². The molecule has 0 aliphatic carbocycles. The maximum absolute atomic E-state index is 4.17. The first kappa shape index (κ1) is 14.7. The minimum absolute atomic E-state index is 0.541. The summed E-state index contributed by atoms with van der Waals surface area (Å²) < 4.78 is 0. The Balaban J connectivity index is 2.31. The normalized spacial score (nSPS) is 26.1. The van der Waals surface area contributed by atoms with Crippen molar-refractivity contribution in [1.82, 2.24) is 15.1 Å². The lowest BCUT2D eigenvalue weighted by molar-refractivity contribution is 0.255. The Morgan fingerprint density at radius 1 is 1.41 bits per heavy atom. The molecule has 3 nitrogen and oxygen atoms in total. The molecule has 0 amide bonds. The number of rotatable bonds is 6. The quantitative estimate of drug-likeness (QED) is 0.707. The average Bonchev–Trinajstić information content (AvgIpc) is 2.56. The molecule has 0 radical (unpaired) electrons. The van der Waals surface area contributed by atoms with E-state index in [0.717, 1.165) is 19.0 Å². The van der Waals surface area contributed by atoms with Crippen LogP contribution in [0.4, 0.5) is 0 Å². The Morgan fingerprint density at radius 2 is 2.06 bits per heavy atom. The van der Waals surface area contributed by atoms with E-state index in [1.807, 2.05) is 0 Å². The van der Waals surface area contributed by atoms with Crippen LogP contribution in [0, 0.1) is 5.92 Å². The molecule has 1 saturated heterocycles. The molecule has 0 saturated carbocycles. The highest BCUT2D eigenvalue weighted by molar-refractivity contribution is 5.02. The van der Waals surface area contributed by atoms with Crippen LogP contribution >= 0.6 is 0 Å². The second kappa shape index (κ2) is 6.53. The second-order valence-electron chi connectivity index (χ2n) is 5.99. The maximum Gasteiger partial charge on any atom is 0.0254 e. The lowest BCUT2D eigenvalue weighted by Gasteiger charge is -2.23. The van der Waals surface area contributed by atoms with Crippen LogP contribution in [-0.2, 0) is 0 Å². The molecule has 1 heterocycles. The first-order valence-corrected chi connectivity index (χ1v) is 6.69. The topological polar surface area (TPSA) is 18.5 Å². The van der Waals surface area contributed by atoms with E-state index in [4.69, 9.17) is 0 Å². The van der Waals surface area contributed by atoms with Gasteiger partial charge in [-0.05, 0) is 25.6 Å². The molecule has 1 rings (SSSR count). The van der Waals surface area contributed by atoms with Crippen LogP contribution in [0.25, 0.3) is 0 Å². The number of likely N-dealkylation sites (tertiary alicyclic amines) is 1. The van der Waals surface area contributed by atoms with E-state index in [1.54, 1.807) is 0 Å². The van der Waals surface area contributed by atoms with Crippen LogP contribution in [-0.4, -0.2) is 62.2 Å². The third-order valence-electron chi connectivity index (χ3n) is 3.52. The van der Waals surface area contributed by atoms with Crippen LogP contribution in [0.2, 0.25) is 0 Å². The second-order valence-corrected chi connectivity index (χ2v) is 5.99. The van der Waals surface area contributed by atoms with Crippen molar-refractivity contribution in [2.24, 2.45) is 5.92 Å². The van der Waals surface area contributed by atoms with E-state index in [-0.39, 0.29) is 0 Å². The minimum atomic E-state index is 0.541. The average molecular weight is 239 g/mol. The van der Waals surface area contributed by atoms with Gasteiger partial charge in [0.15, 0.2) is 0 Å². The van der Waals surface area contributed by atoms with E-state index in [0.29, 0.717) is 12.1 Å². The smallest absolute Gasteiger partial charge is 0.0254 e. The summed E-state index contributed by atoms with van der Waals surface area (Å²) in [5.74, 6) is 0.760. The molecular formula is C14H29N3. The molecular weight excluding hydrogens is 210 g/mol. The molecule has 0 aromatic carbocycles. The zero-order valence-electron chi connectivity index (χ0n) is 12.2. The predicted octanol–water partition coefficient (Wildman–Crippen LogP) is 1.42. The van der Waals surface area contributed by atoms with Gasteiger partial charge in [-0.15, -0.1) is 0 Å². The molecule has 3 heteroatoms. The lowest BCUT2D eigenvalue weighted by Crippen LogP contribution is -2.35. The lowest BCUT2D eigenvalue weighted by atomic mass is 10.1. The summed E-state index contributed by atoms with van der Waals surface area (Å²) in [4.78, 5) is 4.87. The van der Waals surface area contributed by atoms with Crippen molar-refractivity contribution in [1.29, 1.82) is 0 Å². The number of nitrogens with zero attached hydrogens (tertiary/aromatic N) is 2. The molecule has 100 valence electrons. The van der Waals surface area contributed by atoms with Crippen molar-refractivity contribution in [2.45, 2.75) is 32.9 Å². The third-order valence-corrected chi connectivity index (χ3v) is 3.52. The first-order chi connectivity index (χ1) is 7.90. The van der Waals surface area contributed by atoms with Gasteiger partial charge in [0.2, 0.25) is 0 Å². The van der Waals surface area contributed by atoms with Crippen molar-refractivity contribution in [2.75, 3.05) is 40.3 Å². The molecule has 1 aliphatic heterocycles. The fourth-order valence-corrected chi connectivity index (χ4v) is 2.57. The Labute approximate surface area is 107 Å². The SMILES string of the molecule is C=C(CNC(C)C)CN1CC(C)C(N(C)C)C1. The molecule has 1 N–H and O–H groups in total. The standard InChI is InChI=1S/C14H29N3/c1-11(2)15-7-12(3)8-17-9-13(4)14(10-17)16(5)6/h11,13-15H,3,7-10H2,1-2,4-6H3. The van der Waals surface area contributed by atoms with Gasteiger partial charge < -0.3 is 10.2 Å². The highest BCUT2D eigenvalue weighted by Gasteiger charge is 2.30. The van der Waals surface area contributed by atoms with E-state index in [9.17, 15) is 0 Å². The van der Waals surface area contributed by atoms with Crippen molar-refractivity contribution in [3.05, 3.63) is 12.2 Å². The van der Waals surface area contributed by atoms with Gasteiger partial charge in [-0.3, -0.25) is 4.90 Å². The molecule has 17 heavy (non-hydrogen) atoms. The van der Waals surface area contributed by atoms with Gasteiger partial charge in [-0.1, -0.05) is 27.4 Å². The summed E-state index contributed by atoms with van der Waals surface area (Å²) in [6.45, 7) is 15.2.